The molecule has 1 unspecified atom stereocenters. The first-order chi connectivity index (χ1) is 12.2. The van der Waals surface area contributed by atoms with Crippen LogP contribution in [0.1, 0.15) is 6.92 Å². The molecule has 0 bridgehead atoms. The summed E-state index contributed by atoms with van der Waals surface area (Å²) in [7, 11) is 0. The van der Waals surface area contributed by atoms with Gasteiger partial charge in [0.2, 0.25) is 6.79 Å². The normalized spacial score (nSPS) is 15.4. The molecule has 130 valence electrons. The van der Waals surface area contributed by atoms with Crippen molar-refractivity contribution in [1.82, 2.24) is 0 Å². The second kappa shape index (κ2) is 6.43. The van der Waals surface area contributed by atoms with Gasteiger partial charge < -0.3 is 29.0 Å². The van der Waals surface area contributed by atoms with Crippen LogP contribution in [0.5, 0.6) is 28.7 Å². The molecular formula is C18H17NO6. The van der Waals surface area contributed by atoms with E-state index in [1.54, 1.807) is 43.3 Å². The summed E-state index contributed by atoms with van der Waals surface area (Å²) in [5.74, 6) is 2.84. The maximum atomic E-state index is 12.4. The van der Waals surface area contributed by atoms with Crippen LogP contribution in [0.3, 0.4) is 0 Å². The van der Waals surface area contributed by atoms with Crippen molar-refractivity contribution in [2.75, 3.05) is 25.3 Å². The molecule has 2 aromatic carbocycles. The minimum Gasteiger partial charge on any atom is -0.486 e. The van der Waals surface area contributed by atoms with Crippen LogP contribution in [0.25, 0.3) is 0 Å². The number of rotatable bonds is 4. The molecule has 0 saturated carbocycles. The number of nitrogens with one attached hydrogen (secondary N) is 1. The Bertz CT molecular complexity index is 806. The van der Waals surface area contributed by atoms with Gasteiger partial charge in [0.15, 0.2) is 29.1 Å². The van der Waals surface area contributed by atoms with Crippen LogP contribution >= 0.6 is 0 Å². The summed E-state index contributed by atoms with van der Waals surface area (Å²) in [5, 5.41) is 2.81. The highest BCUT2D eigenvalue weighted by molar-refractivity contribution is 5.94. The van der Waals surface area contributed by atoms with Gasteiger partial charge in [-0.15, -0.1) is 0 Å². The monoisotopic (exact) mass is 343 g/mol. The zero-order chi connectivity index (χ0) is 17.2. The molecule has 2 aliphatic heterocycles. The van der Waals surface area contributed by atoms with E-state index in [9.17, 15) is 4.79 Å². The highest BCUT2D eigenvalue weighted by Gasteiger charge is 2.19. The van der Waals surface area contributed by atoms with Gasteiger partial charge in [-0.3, -0.25) is 4.79 Å². The summed E-state index contributed by atoms with van der Waals surface area (Å²) in [5.41, 5.74) is 0.621. The number of ether oxygens (including phenoxy) is 5. The number of anilines is 1. The number of carbonyl (C=O) groups is 1. The van der Waals surface area contributed by atoms with Crippen molar-refractivity contribution in [1.29, 1.82) is 0 Å². The Morgan fingerprint density at radius 1 is 0.960 bits per heavy atom. The van der Waals surface area contributed by atoms with Crippen molar-refractivity contribution in [2.45, 2.75) is 13.0 Å². The van der Waals surface area contributed by atoms with Gasteiger partial charge in [-0.25, -0.2) is 0 Å². The van der Waals surface area contributed by atoms with E-state index in [4.69, 9.17) is 23.7 Å². The molecule has 0 fully saturated rings. The summed E-state index contributed by atoms with van der Waals surface area (Å²) in [6.07, 6.45) is -0.687. The molecule has 0 spiro atoms. The fourth-order valence-electron chi connectivity index (χ4n) is 2.57. The lowest BCUT2D eigenvalue weighted by Crippen LogP contribution is -2.30. The SMILES string of the molecule is CC(Oc1ccc2c(c1)OCO2)C(=O)Nc1ccc2c(c1)OCCO2. The highest BCUT2D eigenvalue weighted by atomic mass is 16.7. The van der Waals surface area contributed by atoms with Gasteiger partial charge in [-0.1, -0.05) is 0 Å². The van der Waals surface area contributed by atoms with Gasteiger partial charge in [0.25, 0.3) is 5.91 Å². The first-order valence-electron chi connectivity index (χ1n) is 7.96. The van der Waals surface area contributed by atoms with Gasteiger partial charge in [-0.05, 0) is 31.2 Å². The average molecular weight is 343 g/mol. The summed E-state index contributed by atoms with van der Waals surface area (Å²) in [4.78, 5) is 12.4. The van der Waals surface area contributed by atoms with Crippen LogP contribution in [-0.4, -0.2) is 32.0 Å². The van der Waals surface area contributed by atoms with Gasteiger partial charge in [0, 0.05) is 17.8 Å². The Balaban J connectivity index is 1.40. The molecule has 4 rings (SSSR count). The Labute approximate surface area is 144 Å². The third kappa shape index (κ3) is 3.26. The van der Waals surface area contributed by atoms with E-state index < -0.39 is 6.10 Å². The van der Waals surface area contributed by atoms with Crippen molar-refractivity contribution in [3.05, 3.63) is 36.4 Å². The van der Waals surface area contributed by atoms with Gasteiger partial charge in [0.05, 0.1) is 0 Å². The summed E-state index contributed by atoms with van der Waals surface area (Å²) >= 11 is 0. The topological polar surface area (TPSA) is 75.3 Å². The van der Waals surface area contributed by atoms with E-state index in [0.29, 0.717) is 47.6 Å². The number of carbonyl (C=O) groups excluding carboxylic acids is 1. The summed E-state index contributed by atoms with van der Waals surface area (Å²) < 4.78 is 27.2. The van der Waals surface area contributed by atoms with E-state index in [-0.39, 0.29) is 12.7 Å². The fourth-order valence-corrected chi connectivity index (χ4v) is 2.57. The minimum absolute atomic E-state index is 0.193. The van der Waals surface area contributed by atoms with Crippen molar-refractivity contribution in [3.63, 3.8) is 0 Å². The molecule has 2 aliphatic rings. The molecule has 0 aromatic heterocycles. The molecular weight excluding hydrogens is 326 g/mol. The van der Waals surface area contributed by atoms with E-state index in [2.05, 4.69) is 5.32 Å². The molecule has 1 N–H and O–H groups in total. The van der Waals surface area contributed by atoms with Crippen LogP contribution in [-0.2, 0) is 4.79 Å². The molecule has 1 amide bonds. The largest absolute Gasteiger partial charge is 0.486 e. The predicted octanol–water partition coefficient (Wildman–Crippen LogP) is 2.59. The molecule has 2 heterocycles. The Morgan fingerprint density at radius 2 is 1.64 bits per heavy atom. The first-order valence-corrected chi connectivity index (χ1v) is 7.96. The van der Waals surface area contributed by atoms with E-state index in [1.807, 2.05) is 0 Å². The molecule has 0 radical (unpaired) electrons. The fraction of sp³-hybridized carbons (Fsp3) is 0.278. The number of benzene rings is 2. The number of amides is 1. The zero-order valence-corrected chi connectivity index (χ0v) is 13.6. The Kier molecular flexibility index (Phi) is 3.97. The number of fused-ring (bicyclic) bond motifs is 2. The molecule has 0 aliphatic carbocycles. The maximum absolute atomic E-state index is 12.4. The van der Waals surface area contributed by atoms with Crippen molar-refractivity contribution < 1.29 is 28.5 Å². The van der Waals surface area contributed by atoms with Crippen LogP contribution in [0, 0.1) is 0 Å². The van der Waals surface area contributed by atoms with E-state index in [1.165, 1.54) is 0 Å². The molecule has 25 heavy (non-hydrogen) atoms. The molecule has 7 heteroatoms. The second-order valence-electron chi connectivity index (χ2n) is 5.62. The van der Waals surface area contributed by atoms with E-state index in [0.717, 1.165) is 0 Å². The average Bonchev–Trinajstić information content (AvgIpc) is 3.09. The maximum Gasteiger partial charge on any atom is 0.265 e. The van der Waals surface area contributed by atoms with E-state index >= 15 is 0 Å². The number of hydrogen-bond donors (Lipinski definition) is 1. The molecule has 1 atom stereocenters. The van der Waals surface area contributed by atoms with Crippen LogP contribution < -0.4 is 29.0 Å². The van der Waals surface area contributed by atoms with Crippen LogP contribution in [0.2, 0.25) is 0 Å². The predicted molar refractivity (Wildman–Crippen MR) is 88.7 cm³/mol. The van der Waals surface area contributed by atoms with Gasteiger partial charge in [-0.2, -0.15) is 0 Å². The quantitative estimate of drug-likeness (QED) is 0.920. The first kappa shape index (κ1) is 15.4. The third-order valence-electron chi connectivity index (χ3n) is 3.84. The summed E-state index contributed by atoms with van der Waals surface area (Å²) in [6.45, 7) is 2.89. The third-order valence-corrected chi connectivity index (χ3v) is 3.84. The smallest absolute Gasteiger partial charge is 0.265 e. The summed E-state index contributed by atoms with van der Waals surface area (Å²) in [6, 6.07) is 10.5. The van der Waals surface area contributed by atoms with Gasteiger partial charge >= 0.3 is 0 Å². The molecule has 2 aromatic rings. The zero-order valence-electron chi connectivity index (χ0n) is 13.6. The lowest BCUT2D eigenvalue weighted by atomic mass is 10.2. The number of hydrogen-bond acceptors (Lipinski definition) is 6. The molecule has 0 saturated heterocycles. The van der Waals surface area contributed by atoms with Crippen molar-refractivity contribution in [3.8, 4) is 28.7 Å². The lowest BCUT2D eigenvalue weighted by Gasteiger charge is -2.19. The second-order valence-corrected chi connectivity index (χ2v) is 5.62. The van der Waals surface area contributed by atoms with Crippen molar-refractivity contribution >= 4 is 11.6 Å². The van der Waals surface area contributed by atoms with Crippen molar-refractivity contribution in [2.24, 2.45) is 0 Å². The standard InChI is InChI=1S/C18H17NO6/c1-11(25-13-3-5-15-17(9-13)24-10-23-15)18(20)19-12-2-4-14-16(8-12)22-7-6-21-14/h2-5,8-9,11H,6-7,10H2,1H3,(H,19,20). The van der Waals surface area contributed by atoms with Crippen LogP contribution in [0.4, 0.5) is 5.69 Å². The Morgan fingerprint density at radius 3 is 2.52 bits per heavy atom. The lowest BCUT2D eigenvalue weighted by molar-refractivity contribution is -0.122. The van der Waals surface area contributed by atoms with Crippen LogP contribution in [0.15, 0.2) is 36.4 Å². The van der Waals surface area contributed by atoms with Gasteiger partial charge in [0.1, 0.15) is 19.0 Å². The highest BCUT2D eigenvalue weighted by Crippen LogP contribution is 2.35. The molecule has 7 nitrogen and oxygen atoms in total. The Hall–Kier alpha value is -3.09. The minimum atomic E-state index is -0.687.